The average Bonchev–Trinajstić information content (AvgIpc) is 2.57. The highest BCUT2D eigenvalue weighted by Crippen LogP contribution is 2.13. The van der Waals surface area contributed by atoms with E-state index in [9.17, 15) is 0 Å². The number of aromatic nitrogens is 1. The van der Waals surface area contributed by atoms with Gasteiger partial charge in [-0.1, -0.05) is 19.8 Å². The fourth-order valence-electron chi connectivity index (χ4n) is 1.76. The number of hydrogen-bond donors (Lipinski definition) is 1. The molecular weight excluding hydrogens is 210 g/mol. The van der Waals surface area contributed by atoms with E-state index < -0.39 is 0 Å². The number of nitrogens with zero attached hydrogens (tertiary/aromatic N) is 2. The van der Waals surface area contributed by atoms with E-state index in [0.29, 0.717) is 18.2 Å². The first-order valence-electron chi connectivity index (χ1n) is 5.76. The SMILES string of the molecule is C#CC(NCc1cc(C#N)n(C)c1C)C(C)C. The molecule has 90 valence electrons. The molecule has 3 heteroatoms. The molecule has 0 radical (unpaired) electrons. The lowest BCUT2D eigenvalue weighted by Gasteiger charge is -2.16. The maximum Gasteiger partial charge on any atom is 0.120 e. The van der Waals surface area contributed by atoms with Crippen molar-refractivity contribution in [3.05, 3.63) is 23.0 Å². The molecule has 0 aromatic carbocycles. The Kier molecular flexibility index (Phi) is 4.37. The Morgan fingerprint density at radius 3 is 2.59 bits per heavy atom. The zero-order valence-corrected chi connectivity index (χ0v) is 10.9. The van der Waals surface area contributed by atoms with E-state index in [0.717, 1.165) is 11.3 Å². The minimum Gasteiger partial charge on any atom is -0.340 e. The molecule has 0 fully saturated rings. The molecule has 1 heterocycles. The lowest BCUT2D eigenvalue weighted by Crippen LogP contribution is -2.31. The number of terminal acetylenes is 1. The Morgan fingerprint density at radius 2 is 2.18 bits per heavy atom. The van der Waals surface area contributed by atoms with E-state index in [2.05, 4.69) is 31.2 Å². The van der Waals surface area contributed by atoms with Crippen LogP contribution in [0.5, 0.6) is 0 Å². The summed E-state index contributed by atoms with van der Waals surface area (Å²) in [4.78, 5) is 0. The van der Waals surface area contributed by atoms with Crippen LogP contribution in [0.15, 0.2) is 6.07 Å². The molecule has 1 unspecified atom stereocenters. The van der Waals surface area contributed by atoms with Crippen LogP contribution in [0.25, 0.3) is 0 Å². The van der Waals surface area contributed by atoms with Crippen LogP contribution in [0.3, 0.4) is 0 Å². The van der Waals surface area contributed by atoms with Gasteiger partial charge in [0.25, 0.3) is 0 Å². The second-order valence-electron chi connectivity index (χ2n) is 4.58. The van der Waals surface area contributed by atoms with Crippen LogP contribution >= 0.6 is 0 Å². The summed E-state index contributed by atoms with van der Waals surface area (Å²) in [5.41, 5.74) is 2.92. The van der Waals surface area contributed by atoms with Gasteiger partial charge >= 0.3 is 0 Å². The molecule has 17 heavy (non-hydrogen) atoms. The van der Waals surface area contributed by atoms with Gasteiger partial charge in [0.05, 0.1) is 6.04 Å². The van der Waals surface area contributed by atoms with Crippen molar-refractivity contribution in [1.29, 1.82) is 5.26 Å². The molecule has 0 amide bonds. The van der Waals surface area contributed by atoms with Crippen LogP contribution in [0.4, 0.5) is 0 Å². The van der Waals surface area contributed by atoms with E-state index in [4.69, 9.17) is 11.7 Å². The maximum atomic E-state index is 8.94. The quantitative estimate of drug-likeness (QED) is 0.802. The minimum atomic E-state index is 0.0696. The second-order valence-corrected chi connectivity index (χ2v) is 4.58. The van der Waals surface area contributed by atoms with E-state index in [-0.39, 0.29) is 6.04 Å². The summed E-state index contributed by atoms with van der Waals surface area (Å²) in [5.74, 6) is 3.15. The predicted molar refractivity (Wildman–Crippen MR) is 69.2 cm³/mol. The van der Waals surface area contributed by atoms with E-state index in [1.165, 1.54) is 0 Å². The molecule has 0 bridgehead atoms. The van der Waals surface area contributed by atoms with E-state index in [1.54, 1.807) is 0 Å². The van der Waals surface area contributed by atoms with Crippen LogP contribution in [0.2, 0.25) is 0 Å². The van der Waals surface area contributed by atoms with Crippen molar-refractivity contribution in [2.24, 2.45) is 13.0 Å². The maximum absolute atomic E-state index is 8.94. The highest BCUT2D eigenvalue weighted by atomic mass is 15.0. The van der Waals surface area contributed by atoms with Crippen molar-refractivity contribution in [1.82, 2.24) is 9.88 Å². The van der Waals surface area contributed by atoms with Gasteiger partial charge in [0.1, 0.15) is 11.8 Å². The monoisotopic (exact) mass is 229 g/mol. The molecule has 0 aliphatic heterocycles. The average molecular weight is 229 g/mol. The van der Waals surface area contributed by atoms with Crippen LogP contribution < -0.4 is 5.32 Å². The molecule has 1 aromatic rings. The fourth-order valence-corrected chi connectivity index (χ4v) is 1.76. The summed E-state index contributed by atoms with van der Waals surface area (Å²) >= 11 is 0. The summed E-state index contributed by atoms with van der Waals surface area (Å²) in [6.07, 6.45) is 5.47. The zero-order valence-electron chi connectivity index (χ0n) is 10.9. The highest BCUT2D eigenvalue weighted by molar-refractivity contribution is 5.34. The molecule has 0 spiro atoms. The topological polar surface area (TPSA) is 40.8 Å². The summed E-state index contributed by atoms with van der Waals surface area (Å²) in [5, 5.41) is 12.3. The molecule has 0 aliphatic rings. The van der Waals surface area contributed by atoms with Gasteiger partial charge in [-0.15, -0.1) is 6.42 Å². The molecule has 1 N–H and O–H groups in total. The largest absolute Gasteiger partial charge is 0.340 e. The molecule has 1 rings (SSSR count). The number of rotatable bonds is 4. The zero-order chi connectivity index (χ0) is 13.0. The van der Waals surface area contributed by atoms with E-state index in [1.807, 2.05) is 24.6 Å². The number of nitrogens with one attached hydrogen (secondary N) is 1. The fraction of sp³-hybridized carbons (Fsp3) is 0.500. The van der Waals surface area contributed by atoms with Gasteiger partial charge in [-0.05, 0) is 24.5 Å². The lowest BCUT2D eigenvalue weighted by atomic mass is 10.1. The predicted octanol–water partition coefficient (Wildman–Crippen LogP) is 1.95. The van der Waals surface area contributed by atoms with Gasteiger partial charge in [-0.2, -0.15) is 5.26 Å². The third kappa shape index (κ3) is 2.90. The van der Waals surface area contributed by atoms with Crippen LogP contribution in [0, 0.1) is 36.5 Å². The summed E-state index contributed by atoms with van der Waals surface area (Å²) in [6, 6.07) is 4.16. The van der Waals surface area contributed by atoms with Gasteiger partial charge in [-0.3, -0.25) is 5.32 Å². The third-order valence-corrected chi connectivity index (χ3v) is 3.11. The van der Waals surface area contributed by atoms with Gasteiger partial charge in [0.15, 0.2) is 0 Å². The summed E-state index contributed by atoms with van der Waals surface area (Å²) in [6.45, 7) is 6.90. The molecule has 0 saturated heterocycles. The minimum absolute atomic E-state index is 0.0696. The smallest absolute Gasteiger partial charge is 0.120 e. The van der Waals surface area contributed by atoms with E-state index >= 15 is 0 Å². The van der Waals surface area contributed by atoms with Crippen molar-refractivity contribution in [3.8, 4) is 18.4 Å². The normalized spacial score (nSPS) is 12.2. The molecule has 1 aromatic heterocycles. The van der Waals surface area contributed by atoms with Gasteiger partial charge in [-0.25, -0.2) is 0 Å². The highest BCUT2D eigenvalue weighted by Gasteiger charge is 2.12. The standard InChI is InChI=1S/C14H19N3/c1-6-14(10(2)3)16-9-12-7-13(8-15)17(5)11(12)4/h1,7,10,14,16H,9H2,2-5H3. The Morgan fingerprint density at radius 1 is 1.53 bits per heavy atom. The summed E-state index contributed by atoms with van der Waals surface area (Å²) < 4.78 is 1.90. The Bertz CT molecular complexity index is 469. The first-order chi connectivity index (χ1) is 8.01. The van der Waals surface area contributed by atoms with Crippen molar-refractivity contribution in [2.45, 2.75) is 33.4 Å². The van der Waals surface area contributed by atoms with Gasteiger partial charge < -0.3 is 4.57 Å². The van der Waals surface area contributed by atoms with Gasteiger partial charge in [0.2, 0.25) is 0 Å². The third-order valence-electron chi connectivity index (χ3n) is 3.11. The molecule has 0 saturated carbocycles. The van der Waals surface area contributed by atoms with Crippen LogP contribution in [-0.2, 0) is 13.6 Å². The molecule has 3 nitrogen and oxygen atoms in total. The Labute approximate surface area is 103 Å². The van der Waals surface area contributed by atoms with Crippen LogP contribution in [-0.4, -0.2) is 10.6 Å². The lowest BCUT2D eigenvalue weighted by molar-refractivity contribution is 0.475. The van der Waals surface area contributed by atoms with Crippen molar-refractivity contribution in [2.75, 3.05) is 0 Å². The second kappa shape index (κ2) is 5.57. The Balaban J connectivity index is 2.78. The molecule has 1 atom stereocenters. The first-order valence-corrected chi connectivity index (χ1v) is 5.76. The summed E-state index contributed by atoms with van der Waals surface area (Å²) in [7, 11) is 1.90. The Hall–Kier alpha value is -1.71. The number of hydrogen-bond acceptors (Lipinski definition) is 2. The molecular formula is C14H19N3. The first kappa shape index (κ1) is 13.4. The van der Waals surface area contributed by atoms with Crippen molar-refractivity contribution < 1.29 is 0 Å². The number of nitriles is 1. The van der Waals surface area contributed by atoms with Gasteiger partial charge in [0, 0.05) is 19.3 Å². The van der Waals surface area contributed by atoms with Crippen molar-refractivity contribution in [3.63, 3.8) is 0 Å². The van der Waals surface area contributed by atoms with Crippen LogP contribution in [0.1, 0.15) is 30.8 Å². The molecule has 0 aliphatic carbocycles. The van der Waals surface area contributed by atoms with Crippen molar-refractivity contribution >= 4 is 0 Å².